The molecule has 3 aliphatic heterocycles. The highest BCUT2D eigenvalue weighted by Gasteiger charge is 2.64. The Balaban J connectivity index is 1.54. The van der Waals surface area contributed by atoms with Gasteiger partial charge in [-0.2, -0.15) is 0 Å². The van der Waals surface area contributed by atoms with Gasteiger partial charge < -0.3 is 19.0 Å². The van der Waals surface area contributed by atoms with Crippen molar-refractivity contribution < 1.29 is 18.7 Å². The summed E-state index contributed by atoms with van der Waals surface area (Å²) in [5.74, 6) is 1.04. The Morgan fingerprint density at radius 3 is 2.55 bits per heavy atom. The van der Waals surface area contributed by atoms with E-state index in [-0.39, 0.29) is 16.7 Å². The molecule has 4 heterocycles. The lowest BCUT2D eigenvalue weighted by atomic mass is 9.60. The molecule has 0 aromatic carbocycles. The second kappa shape index (κ2) is 7.76. The van der Waals surface area contributed by atoms with Gasteiger partial charge in [0.15, 0.2) is 0 Å². The fraction of sp³-hybridized carbons (Fsp3) is 0.727. The summed E-state index contributed by atoms with van der Waals surface area (Å²) in [6.07, 6.45) is 4.26. The van der Waals surface area contributed by atoms with E-state index in [1.54, 1.807) is 19.4 Å². The van der Waals surface area contributed by atoms with E-state index in [9.17, 15) is 9.59 Å². The van der Waals surface area contributed by atoms with Crippen LogP contribution in [0.15, 0.2) is 16.7 Å². The Hall–Kier alpha value is -1.86. The number of hydrogen-bond acceptors (Lipinski definition) is 5. The zero-order chi connectivity index (χ0) is 20.6. The molecule has 3 fully saturated rings. The van der Waals surface area contributed by atoms with Gasteiger partial charge in [0.1, 0.15) is 5.76 Å². The Bertz CT molecular complexity index is 768. The maximum atomic E-state index is 13.5. The fourth-order valence-corrected chi connectivity index (χ4v) is 5.89. The molecule has 7 heteroatoms. The van der Waals surface area contributed by atoms with Crippen molar-refractivity contribution in [1.29, 1.82) is 0 Å². The summed E-state index contributed by atoms with van der Waals surface area (Å²) in [6, 6.07) is 1.76. The zero-order valence-electron chi connectivity index (χ0n) is 17.9. The summed E-state index contributed by atoms with van der Waals surface area (Å²) in [4.78, 5) is 32.8. The third kappa shape index (κ3) is 3.19. The normalized spacial score (nSPS) is 26.9. The highest BCUT2D eigenvalue weighted by molar-refractivity contribution is 5.95. The number of aryl methyl sites for hydroxylation is 1. The first-order valence-corrected chi connectivity index (χ1v) is 10.8. The highest BCUT2D eigenvalue weighted by atomic mass is 16.5. The third-order valence-corrected chi connectivity index (χ3v) is 7.63. The molecule has 160 valence electrons. The average molecular weight is 404 g/mol. The Morgan fingerprint density at radius 2 is 1.97 bits per heavy atom. The predicted molar refractivity (Wildman–Crippen MR) is 109 cm³/mol. The molecule has 0 N–H and O–H groups in total. The smallest absolute Gasteiger partial charge is 0.257 e. The van der Waals surface area contributed by atoms with Crippen molar-refractivity contribution >= 4 is 11.8 Å². The molecular formula is C22H33N3O4. The number of fused-ring (bicyclic) bond motifs is 1. The number of furan rings is 1. The van der Waals surface area contributed by atoms with Gasteiger partial charge in [-0.3, -0.25) is 14.5 Å². The van der Waals surface area contributed by atoms with Crippen LogP contribution in [-0.4, -0.2) is 86.0 Å². The van der Waals surface area contributed by atoms with Crippen LogP contribution in [0.2, 0.25) is 0 Å². The second-order valence-corrected chi connectivity index (χ2v) is 8.88. The molecule has 1 aromatic rings. The molecule has 1 aromatic heterocycles. The molecular weight excluding hydrogens is 370 g/mol. The van der Waals surface area contributed by atoms with Crippen LogP contribution >= 0.6 is 0 Å². The number of nitrogens with zero attached hydrogens (tertiary/aromatic N) is 3. The molecule has 3 saturated heterocycles. The van der Waals surface area contributed by atoms with Gasteiger partial charge >= 0.3 is 0 Å². The summed E-state index contributed by atoms with van der Waals surface area (Å²) in [6.45, 7) is 10.2. The molecule has 1 atom stereocenters. The molecule has 4 rings (SSSR count). The Morgan fingerprint density at radius 1 is 1.21 bits per heavy atom. The molecule has 29 heavy (non-hydrogen) atoms. The number of carbonyl (C=O) groups is 2. The molecule has 0 radical (unpaired) electrons. The highest BCUT2D eigenvalue weighted by Crippen LogP contribution is 2.57. The molecule has 2 amide bonds. The van der Waals surface area contributed by atoms with E-state index in [1.165, 1.54) is 0 Å². The number of ether oxygens (including phenoxy) is 1. The second-order valence-electron chi connectivity index (χ2n) is 8.88. The summed E-state index contributed by atoms with van der Waals surface area (Å²) >= 11 is 0. The van der Waals surface area contributed by atoms with Gasteiger partial charge in [0.25, 0.3) is 5.91 Å². The minimum Gasteiger partial charge on any atom is -0.469 e. The number of piperidine rings is 1. The van der Waals surface area contributed by atoms with E-state index in [4.69, 9.17) is 9.15 Å². The fourth-order valence-electron chi connectivity index (χ4n) is 5.89. The Kier molecular flexibility index (Phi) is 5.46. The Labute approximate surface area is 172 Å². The van der Waals surface area contributed by atoms with Gasteiger partial charge in [0.05, 0.1) is 23.8 Å². The van der Waals surface area contributed by atoms with Gasteiger partial charge in [-0.25, -0.2) is 0 Å². The van der Waals surface area contributed by atoms with Crippen molar-refractivity contribution in [3.05, 3.63) is 23.7 Å². The number of likely N-dealkylation sites (tertiary alicyclic amines) is 3. The van der Waals surface area contributed by atoms with Gasteiger partial charge in [-0.1, -0.05) is 0 Å². The number of hydrogen-bond donors (Lipinski definition) is 0. The van der Waals surface area contributed by atoms with E-state index in [0.717, 1.165) is 52.0 Å². The molecule has 0 aliphatic carbocycles. The first-order valence-electron chi connectivity index (χ1n) is 10.8. The SMILES string of the molecule is CCN1CC[C@]2(CN(CCOC)CC23CCN(C(=O)c2ccoc2C)CC3)C1=O. The summed E-state index contributed by atoms with van der Waals surface area (Å²) in [7, 11) is 1.73. The lowest BCUT2D eigenvalue weighted by molar-refractivity contribution is -0.141. The van der Waals surface area contributed by atoms with E-state index in [1.807, 2.05) is 16.7 Å². The third-order valence-electron chi connectivity index (χ3n) is 7.63. The van der Waals surface area contributed by atoms with Crippen LogP contribution < -0.4 is 0 Å². The maximum Gasteiger partial charge on any atom is 0.257 e. The summed E-state index contributed by atoms with van der Waals surface area (Å²) in [5.41, 5.74) is 0.291. The molecule has 2 spiro atoms. The van der Waals surface area contributed by atoms with Crippen molar-refractivity contribution in [1.82, 2.24) is 14.7 Å². The predicted octanol–water partition coefficient (Wildman–Crippen LogP) is 2.01. The largest absolute Gasteiger partial charge is 0.469 e. The minimum atomic E-state index is -0.308. The summed E-state index contributed by atoms with van der Waals surface area (Å²) < 4.78 is 10.6. The molecule has 0 unspecified atom stereocenters. The maximum absolute atomic E-state index is 13.5. The van der Waals surface area contributed by atoms with Crippen molar-refractivity contribution in [3.63, 3.8) is 0 Å². The van der Waals surface area contributed by atoms with Crippen molar-refractivity contribution in [2.75, 3.05) is 59.5 Å². The van der Waals surface area contributed by atoms with E-state index < -0.39 is 0 Å². The zero-order valence-corrected chi connectivity index (χ0v) is 17.9. The average Bonchev–Trinajstić information content (AvgIpc) is 3.38. The topological polar surface area (TPSA) is 66.2 Å². The number of carbonyl (C=O) groups excluding carboxylic acids is 2. The summed E-state index contributed by atoms with van der Waals surface area (Å²) in [5, 5.41) is 0. The van der Waals surface area contributed by atoms with Crippen LogP contribution in [-0.2, 0) is 9.53 Å². The first-order chi connectivity index (χ1) is 14.0. The van der Waals surface area contributed by atoms with Gasteiger partial charge in [0, 0.05) is 58.3 Å². The van der Waals surface area contributed by atoms with E-state index in [2.05, 4.69) is 11.8 Å². The van der Waals surface area contributed by atoms with Crippen LogP contribution in [0.5, 0.6) is 0 Å². The number of rotatable bonds is 5. The van der Waals surface area contributed by atoms with Crippen LogP contribution in [0.4, 0.5) is 0 Å². The quantitative estimate of drug-likeness (QED) is 0.752. The number of methoxy groups -OCH3 is 1. The van der Waals surface area contributed by atoms with Gasteiger partial charge in [0.2, 0.25) is 5.91 Å². The van der Waals surface area contributed by atoms with Crippen LogP contribution in [0.25, 0.3) is 0 Å². The standard InChI is InChI=1S/C22H33N3O4/c1-4-24-11-8-22(20(24)27)16-23(12-14-28-3)15-21(22)6-9-25(10-7-21)19(26)18-5-13-29-17(18)2/h5,13H,4,6-12,14-16H2,1-3H3/t22-/m0/s1. The first kappa shape index (κ1) is 20.4. The van der Waals surface area contributed by atoms with Gasteiger partial charge in [-0.15, -0.1) is 0 Å². The lowest BCUT2D eigenvalue weighted by Gasteiger charge is -2.47. The van der Waals surface area contributed by atoms with Gasteiger partial charge in [-0.05, 0) is 39.2 Å². The molecule has 7 nitrogen and oxygen atoms in total. The van der Waals surface area contributed by atoms with Crippen molar-refractivity contribution in [3.8, 4) is 0 Å². The van der Waals surface area contributed by atoms with Crippen molar-refractivity contribution in [2.24, 2.45) is 10.8 Å². The minimum absolute atomic E-state index is 0.0438. The van der Waals surface area contributed by atoms with E-state index in [0.29, 0.717) is 36.9 Å². The molecule has 3 aliphatic rings. The van der Waals surface area contributed by atoms with E-state index >= 15 is 0 Å². The molecule has 0 bridgehead atoms. The van der Waals surface area contributed by atoms with Crippen molar-refractivity contribution in [2.45, 2.75) is 33.1 Å². The van der Waals surface area contributed by atoms with Crippen LogP contribution in [0.3, 0.4) is 0 Å². The molecule has 0 saturated carbocycles. The monoisotopic (exact) mass is 403 g/mol. The van der Waals surface area contributed by atoms with Crippen LogP contribution in [0.1, 0.15) is 42.3 Å². The number of amides is 2. The van der Waals surface area contributed by atoms with Crippen LogP contribution in [0, 0.1) is 17.8 Å². The lowest BCUT2D eigenvalue weighted by Crippen LogP contribution is -2.53.